The van der Waals surface area contributed by atoms with Gasteiger partial charge in [0, 0.05) is 35.3 Å². The maximum Gasteiger partial charge on any atom is 0.0702 e. The van der Waals surface area contributed by atoms with Crippen LogP contribution < -0.4 is 0 Å². The van der Waals surface area contributed by atoms with Gasteiger partial charge in [0.05, 0.1) is 17.1 Å². The van der Waals surface area contributed by atoms with E-state index in [0.717, 1.165) is 101 Å². The Hall–Kier alpha value is -10.4. The molecule has 3 heterocycles. The van der Waals surface area contributed by atoms with Gasteiger partial charge in [-0.25, -0.2) is 0 Å². The lowest BCUT2D eigenvalue weighted by Gasteiger charge is -2.44. The Balaban J connectivity index is 0.944. The van der Waals surface area contributed by atoms with Gasteiger partial charge in [-0.15, -0.1) is 0 Å². The summed E-state index contributed by atoms with van der Waals surface area (Å²) in [4.78, 5) is 14.8. The molecular weight excluding hydrogens is 1270 g/mol. The molecule has 3 heteroatoms. The van der Waals surface area contributed by atoms with E-state index in [1.54, 1.807) is 0 Å². The molecule has 3 nitrogen and oxygen atoms in total. The van der Waals surface area contributed by atoms with Crippen LogP contribution in [0.1, 0.15) is 158 Å². The largest absolute Gasteiger partial charge is 0.256 e. The fraction of sp³-hybridized carbons (Fsp3) is 0.265. The van der Waals surface area contributed by atoms with Crippen molar-refractivity contribution in [1.29, 1.82) is 0 Å². The summed E-state index contributed by atoms with van der Waals surface area (Å²) in [5.41, 5.74) is 35.1. The predicted molar refractivity (Wildman–Crippen MR) is 445 cm³/mol. The number of rotatable bonds is 12. The van der Waals surface area contributed by atoms with Gasteiger partial charge in [0.15, 0.2) is 0 Å². The van der Waals surface area contributed by atoms with E-state index in [1.807, 2.05) is 36.8 Å². The maximum atomic E-state index is 4.94. The molecule has 0 spiro atoms. The highest BCUT2D eigenvalue weighted by atomic mass is 14.7. The van der Waals surface area contributed by atoms with Crippen LogP contribution in [0.25, 0.3) is 134 Å². The summed E-state index contributed by atoms with van der Waals surface area (Å²) in [6.07, 6.45) is 5.71. The van der Waals surface area contributed by atoms with Crippen LogP contribution in [-0.2, 0) is 32.5 Å². The van der Waals surface area contributed by atoms with E-state index in [2.05, 4.69) is 361 Å². The predicted octanol–water partition coefficient (Wildman–Crippen LogP) is 27.7. The van der Waals surface area contributed by atoms with E-state index in [-0.39, 0.29) is 48.7 Å². The fourth-order valence-corrected chi connectivity index (χ4v) is 18.8. The molecule has 16 rings (SSSR count). The molecule has 105 heavy (non-hydrogen) atoms. The van der Waals surface area contributed by atoms with E-state index in [9.17, 15) is 0 Å². The number of hydrogen-bond donors (Lipinski definition) is 0. The first-order valence-electron chi connectivity index (χ1n) is 38.0. The number of pyridine rings is 3. The fourth-order valence-electron chi connectivity index (χ4n) is 18.8. The second-order valence-electron chi connectivity index (χ2n) is 35.3. The van der Waals surface area contributed by atoms with Crippen LogP contribution in [0.2, 0.25) is 0 Å². The first-order chi connectivity index (χ1) is 49.9. The minimum absolute atomic E-state index is 0.00274. The molecule has 0 unspecified atom stereocenters. The molecular formula is C102H99N3. The molecule has 0 saturated carbocycles. The lowest BCUT2D eigenvalue weighted by Crippen LogP contribution is -2.42. The first-order valence-corrected chi connectivity index (χ1v) is 38.0. The summed E-state index contributed by atoms with van der Waals surface area (Å²) < 4.78 is 0. The number of hydrogen-bond acceptors (Lipinski definition) is 3. The lowest BCUT2D eigenvalue weighted by molar-refractivity contribution is 0.125. The van der Waals surface area contributed by atoms with Gasteiger partial charge in [-0.3, -0.25) is 15.0 Å². The molecule has 3 aromatic heterocycles. The molecule has 0 amide bonds. The quantitative estimate of drug-likeness (QED) is 0.122. The Morgan fingerprint density at radius 1 is 0.162 bits per heavy atom. The average Bonchev–Trinajstić information content (AvgIpc) is 1.55. The van der Waals surface area contributed by atoms with Crippen molar-refractivity contribution in [3.63, 3.8) is 0 Å². The topological polar surface area (TPSA) is 38.7 Å². The number of fused-ring (bicyclic) bond motifs is 3. The van der Waals surface area contributed by atoms with Crippen molar-refractivity contribution in [2.45, 2.75) is 157 Å². The van der Waals surface area contributed by atoms with Gasteiger partial charge in [-0.05, 0) is 255 Å². The highest BCUT2D eigenvalue weighted by Gasteiger charge is 2.59. The van der Waals surface area contributed by atoms with Gasteiger partial charge in [-0.1, -0.05) is 307 Å². The Morgan fingerprint density at radius 2 is 0.381 bits per heavy atom. The van der Waals surface area contributed by atoms with Crippen LogP contribution in [0.3, 0.4) is 0 Å². The Labute approximate surface area is 625 Å². The first kappa shape index (κ1) is 69.0. The summed E-state index contributed by atoms with van der Waals surface area (Å²) in [6.45, 7) is 44.0. The molecule has 0 bridgehead atoms. The molecule has 10 aromatic carbocycles. The third kappa shape index (κ3) is 10.4. The highest BCUT2D eigenvalue weighted by molar-refractivity contribution is 6.01. The molecule has 522 valence electrons. The van der Waals surface area contributed by atoms with Crippen molar-refractivity contribution in [1.82, 2.24) is 15.0 Å². The minimum Gasteiger partial charge on any atom is -0.256 e. The van der Waals surface area contributed by atoms with Gasteiger partial charge in [-0.2, -0.15) is 0 Å². The van der Waals surface area contributed by atoms with Crippen molar-refractivity contribution in [2.75, 3.05) is 0 Å². The summed E-state index contributed by atoms with van der Waals surface area (Å²) >= 11 is 0. The zero-order valence-corrected chi connectivity index (χ0v) is 64.8. The zero-order valence-electron chi connectivity index (χ0n) is 64.8. The number of aromatic nitrogens is 3. The smallest absolute Gasteiger partial charge is 0.0702 e. The molecule has 13 aromatic rings. The normalized spacial score (nSPS) is 17.5. The summed E-state index contributed by atoms with van der Waals surface area (Å²) in [5.74, 6) is 0. The monoisotopic (exact) mass is 1370 g/mol. The van der Waals surface area contributed by atoms with Crippen LogP contribution in [0.4, 0.5) is 0 Å². The van der Waals surface area contributed by atoms with Crippen molar-refractivity contribution in [3.05, 3.63) is 307 Å². The molecule has 0 fully saturated rings. The molecule has 0 aliphatic heterocycles. The standard InChI is InChI=1S/C102H99N3/c1-94(2)85-49-43-64(61-88(85)97(7,8)100(94,13)14)82-58-67(91-37-25-28-52-103-91)40-46-79(82)76-34-22-19-31-73(76)70-55-71(74-32-20-23-35-77(74)80-47-41-68(92-38-26-29-53-104-92)59-83(80)65-44-50-86-89(62-65)98(9,10)101(15,16)95(86,3)4)57-72(56-70)75-33-21-24-36-78(75)81-48-42-69(93-39-27-30-54-105-93)60-84(81)66-45-51-87-90(63-66)99(11,12)102(17,18)96(87,5)6/h19-63H,1-18H3. The van der Waals surface area contributed by atoms with Crippen molar-refractivity contribution in [2.24, 2.45) is 16.2 Å². The van der Waals surface area contributed by atoms with Gasteiger partial charge in [0.25, 0.3) is 0 Å². The SMILES string of the molecule is CC1(C)c2ccc(-c3cc(-c4ccccn4)ccc3-c3ccccc3-c3cc(-c4ccccc4-c4ccc(-c5ccccn5)cc4-c4ccc5c(c4)C(C)(C)C(C)(C)C5(C)C)cc(-c4ccccc4-c4ccc(-c5ccccn5)cc4-c4ccc5c(c4)C(C)(C)C(C)(C)C5(C)C)c3)cc2C(C)(C)C1(C)C. The molecule has 0 atom stereocenters. The van der Waals surface area contributed by atoms with E-state index < -0.39 is 0 Å². The minimum atomic E-state index is -0.0927. The zero-order chi connectivity index (χ0) is 73.8. The molecule has 0 N–H and O–H groups in total. The van der Waals surface area contributed by atoms with Crippen molar-refractivity contribution >= 4 is 0 Å². The van der Waals surface area contributed by atoms with E-state index in [1.165, 1.54) is 66.8 Å². The second kappa shape index (κ2) is 24.4. The molecule has 0 radical (unpaired) electrons. The van der Waals surface area contributed by atoms with Gasteiger partial charge in [0.1, 0.15) is 0 Å². The number of nitrogens with zero attached hydrogens (tertiary/aromatic N) is 3. The van der Waals surface area contributed by atoms with Crippen LogP contribution >= 0.6 is 0 Å². The van der Waals surface area contributed by atoms with Gasteiger partial charge in [0.2, 0.25) is 0 Å². The van der Waals surface area contributed by atoms with Gasteiger partial charge >= 0.3 is 0 Å². The third-order valence-electron chi connectivity index (χ3n) is 28.9. The summed E-state index contributed by atoms with van der Waals surface area (Å²) in [6, 6.07) is 96.6. The maximum absolute atomic E-state index is 4.94. The van der Waals surface area contributed by atoms with Crippen LogP contribution in [0, 0.1) is 16.2 Å². The third-order valence-corrected chi connectivity index (χ3v) is 28.9. The van der Waals surface area contributed by atoms with Crippen LogP contribution in [0.15, 0.2) is 273 Å². The van der Waals surface area contributed by atoms with E-state index in [4.69, 9.17) is 15.0 Å². The Morgan fingerprint density at radius 3 is 0.629 bits per heavy atom. The summed E-state index contributed by atoms with van der Waals surface area (Å²) in [7, 11) is 0. The average molecular weight is 1370 g/mol. The van der Waals surface area contributed by atoms with E-state index in [0.29, 0.717) is 0 Å². The molecule has 0 saturated heterocycles. The van der Waals surface area contributed by atoms with E-state index >= 15 is 0 Å². The highest BCUT2D eigenvalue weighted by Crippen LogP contribution is 2.65. The van der Waals surface area contributed by atoms with Crippen molar-refractivity contribution in [3.8, 4) is 134 Å². The second-order valence-corrected chi connectivity index (χ2v) is 35.3. The Bertz CT molecular complexity index is 5050. The Kier molecular flexibility index (Phi) is 16.0. The number of benzene rings is 10. The lowest BCUT2D eigenvalue weighted by atomic mass is 9.59. The van der Waals surface area contributed by atoms with Crippen LogP contribution in [0.5, 0.6) is 0 Å². The summed E-state index contributed by atoms with van der Waals surface area (Å²) in [5, 5.41) is 0. The molecule has 3 aliphatic carbocycles. The van der Waals surface area contributed by atoms with Crippen molar-refractivity contribution < 1.29 is 0 Å². The van der Waals surface area contributed by atoms with Crippen LogP contribution in [-0.4, -0.2) is 15.0 Å². The van der Waals surface area contributed by atoms with Gasteiger partial charge < -0.3 is 0 Å². The molecule has 3 aliphatic rings.